The molecule has 0 bridgehead atoms. The number of aliphatic carboxylic acids is 1. The summed E-state index contributed by atoms with van der Waals surface area (Å²) in [4.78, 5) is 22.9. The number of carbonyl (C=O) groups excluding carboxylic acids is 1. The van der Waals surface area contributed by atoms with E-state index >= 15 is 0 Å². The highest BCUT2D eigenvalue weighted by Gasteiger charge is 2.22. The number of nitrogens with zero attached hydrogens (tertiary/aromatic N) is 1. The second-order valence-electron chi connectivity index (χ2n) is 4.78. The average molecular weight is 268 g/mol. The second-order valence-corrected chi connectivity index (χ2v) is 4.78. The van der Waals surface area contributed by atoms with Crippen LogP contribution in [0.5, 0.6) is 0 Å². The van der Waals surface area contributed by atoms with E-state index in [-0.39, 0.29) is 11.6 Å². The number of hydrogen-bond acceptors (Lipinski definition) is 4. The first kappa shape index (κ1) is 15.2. The molecule has 0 saturated heterocycles. The Hall–Kier alpha value is -1.85. The summed E-state index contributed by atoms with van der Waals surface area (Å²) in [5.74, 6) is -0.816. The van der Waals surface area contributed by atoms with Crippen LogP contribution in [0, 0.1) is 0 Å². The van der Waals surface area contributed by atoms with Crippen molar-refractivity contribution in [2.24, 2.45) is 0 Å². The summed E-state index contributed by atoms with van der Waals surface area (Å²) in [5, 5.41) is 15.1. The van der Waals surface area contributed by atoms with Crippen LogP contribution in [0.1, 0.15) is 62.2 Å². The van der Waals surface area contributed by atoms with Gasteiger partial charge in [-0.2, -0.15) is 0 Å². The molecule has 0 fully saturated rings. The molecule has 1 amide bonds. The highest BCUT2D eigenvalue weighted by molar-refractivity contribution is 5.94. The average Bonchev–Trinajstić information content (AvgIpc) is 2.83. The smallest absolute Gasteiger partial charge is 0.326 e. The molecule has 6 heteroatoms. The molecular weight excluding hydrogens is 248 g/mol. The van der Waals surface area contributed by atoms with Crippen LogP contribution in [0.25, 0.3) is 0 Å². The van der Waals surface area contributed by atoms with Crippen LogP contribution in [-0.2, 0) is 4.79 Å². The quantitative estimate of drug-likeness (QED) is 0.790. The van der Waals surface area contributed by atoms with E-state index in [9.17, 15) is 9.59 Å². The Morgan fingerprint density at radius 3 is 2.63 bits per heavy atom. The number of carbonyl (C=O) groups is 2. The van der Waals surface area contributed by atoms with Gasteiger partial charge >= 0.3 is 5.97 Å². The lowest BCUT2D eigenvalue weighted by molar-refractivity contribution is -0.139. The van der Waals surface area contributed by atoms with E-state index in [1.165, 1.54) is 0 Å². The van der Waals surface area contributed by atoms with E-state index in [1.807, 2.05) is 20.8 Å². The molecule has 1 atom stereocenters. The first-order valence-electron chi connectivity index (χ1n) is 6.46. The van der Waals surface area contributed by atoms with Crippen molar-refractivity contribution in [1.82, 2.24) is 10.5 Å². The zero-order chi connectivity index (χ0) is 14.4. The van der Waals surface area contributed by atoms with Gasteiger partial charge in [-0.3, -0.25) is 4.79 Å². The third-order valence-corrected chi connectivity index (χ3v) is 2.78. The third kappa shape index (κ3) is 4.39. The molecule has 19 heavy (non-hydrogen) atoms. The van der Waals surface area contributed by atoms with Gasteiger partial charge in [-0.25, -0.2) is 4.79 Å². The van der Waals surface area contributed by atoms with Gasteiger partial charge in [-0.05, 0) is 6.42 Å². The molecule has 0 spiro atoms. The number of carboxylic acid groups (broad SMARTS) is 1. The van der Waals surface area contributed by atoms with Crippen LogP contribution in [0.3, 0.4) is 0 Å². The van der Waals surface area contributed by atoms with Gasteiger partial charge < -0.3 is 14.9 Å². The number of rotatable bonds is 7. The Morgan fingerprint density at radius 2 is 2.16 bits per heavy atom. The van der Waals surface area contributed by atoms with Crippen molar-refractivity contribution in [3.8, 4) is 0 Å². The first-order valence-corrected chi connectivity index (χ1v) is 6.46. The number of hydrogen-bond donors (Lipinski definition) is 2. The molecule has 1 aromatic rings. The van der Waals surface area contributed by atoms with Crippen LogP contribution in [0.2, 0.25) is 0 Å². The minimum absolute atomic E-state index is 0.117. The summed E-state index contributed by atoms with van der Waals surface area (Å²) < 4.78 is 5.01. The van der Waals surface area contributed by atoms with Crippen molar-refractivity contribution >= 4 is 11.9 Å². The van der Waals surface area contributed by atoms with Gasteiger partial charge in [0.1, 0.15) is 11.8 Å². The van der Waals surface area contributed by atoms with Gasteiger partial charge in [-0.1, -0.05) is 38.8 Å². The lowest BCUT2D eigenvalue weighted by Gasteiger charge is -2.12. The molecule has 0 radical (unpaired) electrons. The number of amides is 1. The standard InChI is InChI=1S/C13H20N2O4/c1-4-5-6-9(13(17)18)14-12(16)10-7-11(8(2)3)19-15-10/h7-9H,4-6H2,1-3H3,(H,14,16)(H,17,18). The van der Waals surface area contributed by atoms with E-state index < -0.39 is 17.9 Å². The maximum absolute atomic E-state index is 11.9. The summed E-state index contributed by atoms with van der Waals surface area (Å²) in [7, 11) is 0. The molecule has 0 aromatic carbocycles. The van der Waals surface area contributed by atoms with Gasteiger partial charge in [0.25, 0.3) is 5.91 Å². The molecule has 0 aliphatic heterocycles. The van der Waals surface area contributed by atoms with Crippen molar-refractivity contribution in [2.75, 3.05) is 0 Å². The number of aromatic nitrogens is 1. The summed E-state index contributed by atoms with van der Waals surface area (Å²) in [6.45, 7) is 5.81. The summed E-state index contributed by atoms with van der Waals surface area (Å²) >= 11 is 0. The lowest BCUT2D eigenvalue weighted by Crippen LogP contribution is -2.40. The van der Waals surface area contributed by atoms with Crippen LogP contribution in [-0.4, -0.2) is 28.2 Å². The number of carboxylic acids is 1. The fourth-order valence-corrected chi connectivity index (χ4v) is 1.57. The monoisotopic (exact) mass is 268 g/mol. The Morgan fingerprint density at radius 1 is 1.47 bits per heavy atom. The van der Waals surface area contributed by atoms with Crippen LogP contribution in [0.15, 0.2) is 10.6 Å². The van der Waals surface area contributed by atoms with Crippen molar-refractivity contribution < 1.29 is 19.2 Å². The van der Waals surface area contributed by atoms with Gasteiger partial charge in [0.05, 0.1) is 0 Å². The van der Waals surface area contributed by atoms with Gasteiger partial charge in [-0.15, -0.1) is 0 Å². The van der Waals surface area contributed by atoms with Crippen LogP contribution in [0.4, 0.5) is 0 Å². The van der Waals surface area contributed by atoms with Gasteiger partial charge in [0.15, 0.2) is 5.69 Å². The van der Waals surface area contributed by atoms with Crippen LogP contribution >= 0.6 is 0 Å². The fraction of sp³-hybridized carbons (Fsp3) is 0.615. The molecule has 1 unspecified atom stereocenters. The van der Waals surface area contributed by atoms with E-state index in [1.54, 1.807) is 6.07 Å². The Kier molecular flexibility index (Phi) is 5.54. The van der Waals surface area contributed by atoms with E-state index in [2.05, 4.69) is 10.5 Å². The van der Waals surface area contributed by atoms with Crippen LogP contribution < -0.4 is 5.32 Å². The van der Waals surface area contributed by atoms with Crippen molar-refractivity contribution in [3.63, 3.8) is 0 Å². The molecule has 1 rings (SSSR count). The predicted molar refractivity (Wildman–Crippen MR) is 69.0 cm³/mol. The minimum atomic E-state index is -1.03. The second kappa shape index (κ2) is 6.92. The maximum Gasteiger partial charge on any atom is 0.326 e. The molecule has 0 saturated carbocycles. The molecule has 0 aliphatic carbocycles. The van der Waals surface area contributed by atoms with Crippen molar-refractivity contribution in [2.45, 2.75) is 52.0 Å². The fourth-order valence-electron chi connectivity index (χ4n) is 1.57. The molecule has 2 N–H and O–H groups in total. The highest BCUT2D eigenvalue weighted by atomic mass is 16.5. The zero-order valence-electron chi connectivity index (χ0n) is 11.5. The number of unbranched alkanes of at least 4 members (excludes halogenated alkanes) is 1. The van der Waals surface area contributed by atoms with Gasteiger partial charge in [0.2, 0.25) is 0 Å². The zero-order valence-corrected chi connectivity index (χ0v) is 11.5. The summed E-state index contributed by atoms with van der Waals surface area (Å²) in [6.07, 6.45) is 2.03. The Bertz CT molecular complexity index is 440. The van der Waals surface area contributed by atoms with E-state index in [4.69, 9.17) is 9.63 Å². The third-order valence-electron chi connectivity index (χ3n) is 2.78. The molecular formula is C13H20N2O4. The van der Waals surface area contributed by atoms with Gasteiger partial charge in [0, 0.05) is 12.0 Å². The Balaban J connectivity index is 2.67. The molecule has 1 aromatic heterocycles. The molecule has 1 heterocycles. The lowest BCUT2D eigenvalue weighted by atomic mass is 10.1. The highest BCUT2D eigenvalue weighted by Crippen LogP contribution is 2.15. The molecule has 106 valence electrons. The maximum atomic E-state index is 11.9. The predicted octanol–water partition coefficient (Wildman–Crippen LogP) is 2.17. The first-order chi connectivity index (χ1) is 8.95. The number of nitrogens with one attached hydrogen (secondary N) is 1. The van der Waals surface area contributed by atoms with E-state index in [0.29, 0.717) is 12.2 Å². The molecule has 0 aliphatic rings. The van der Waals surface area contributed by atoms with E-state index in [0.717, 1.165) is 12.8 Å². The largest absolute Gasteiger partial charge is 0.480 e. The minimum Gasteiger partial charge on any atom is -0.480 e. The Labute approximate surface area is 112 Å². The topological polar surface area (TPSA) is 92.4 Å². The van der Waals surface area contributed by atoms with Crippen molar-refractivity contribution in [1.29, 1.82) is 0 Å². The normalized spacial score (nSPS) is 12.4. The SMILES string of the molecule is CCCCC(NC(=O)c1cc(C(C)C)on1)C(=O)O. The van der Waals surface area contributed by atoms with Crippen molar-refractivity contribution in [3.05, 3.63) is 17.5 Å². The summed E-state index contributed by atoms with van der Waals surface area (Å²) in [5.41, 5.74) is 0.117. The molecule has 6 nitrogen and oxygen atoms in total. The summed E-state index contributed by atoms with van der Waals surface area (Å²) in [6, 6.07) is 0.658.